The van der Waals surface area contributed by atoms with Crippen molar-refractivity contribution in [2.75, 3.05) is 0 Å². The summed E-state index contributed by atoms with van der Waals surface area (Å²) < 4.78 is 22.1. The third-order valence-corrected chi connectivity index (χ3v) is 6.24. The van der Waals surface area contributed by atoms with E-state index in [1.54, 1.807) is 12.3 Å². The molecule has 0 radical (unpaired) electrons. The average molecular weight is 427 g/mol. The molecule has 5 aromatic rings. The molecule has 3 nitrogen and oxygen atoms in total. The molecule has 2 aromatic heterocycles. The molecule has 0 fully saturated rings. The van der Waals surface area contributed by atoms with Crippen LogP contribution in [0.1, 0.15) is 56.2 Å². The Hall–Kier alpha value is -3.40. The summed E-state index contributed by atoms with van der Waals surface area (Å²) >= 11 is 0. The second kappa shape index (κ2) is 7.94. The van der Waals surface area contributed by atoms with Crippen molar-refractivity contribution < 1.29 is 8.81 Å². The molecule has 0 aliphatic carbocycles. The number of fused-ring (bicyclic) bond motifs is 2. The first-order valence-electron chi connectivity index (χ1n) is 11.2. The summed E-state index contributed by atoms with van der Waals surface area (Å²) in [4.78, 5) is 4.96. The van der Waals surface area contributed by atoms with E-state index in [2.05, 4.69) is 56.5 Å². The van der Waals surface area contributed by atoms with Gasteiger partial charge >= 0.3 is 0 Å². The maximum Gasteiger partial charge on any atom is 0.145 e. The van der Waals surface area contributed by atoms with Gasteiger partial charge in [-0.1, -0.05) is 58.0 Å². The number of benzene rings is 3. The van der Waals surface area contributed by atoms with Crippen molar-refractivity contribution >= 4 is 22.0 Å². The van der Waals surface area contributed by atoms with Crippen LogP contribution in [0.5, 0.6) is 0 Å². The third kappa shape index (κ3) is 3.40. The third-order valence-electron chi connectivity index (χ3n) is 6.24. The number of halogens is 1. The van der Waals surface area contributed by atoms with Crippen molar-refractivity contribution in [2.24, 2.45) is 0 Å². The number of hydrogen-bond acceptors (Lipinski definition) is 2. The zero-order chi connectivity index (χ0) is 22.4. The fourth-order valence-electron chi connectivity index (χ4n) is 4.66. The van der Waals surface area contributed by atoms with Crippen LogP contribution in [0.15, 0.2) is 71.3 Å². The number of imidazole rings is 1. The van der Waals surface area contributed by atoms with Gasteiger partial charge in [-0.15, -0.1) is 0 Å². The summed E-state index contributed by atoms with van der Waals surface area (Å²) in [5.74, 6) is 1.33. The van der Waals surface area contributed by atoms with Crippen LogP contribution in [-0.4, -0.2) is 9.55 Å². The molecule has 0 atom stereocenters. The zero-order valence-electron chi connectivity index (χ0n) is 18.9. The van der Waals surface area contributed by atoms with Gasteiger partial charge in [-0.05, 0) is 58.9 Å². The molecule has 0 bridgehead atoms. The number of hydrogen-bond donors (Lipinski definition) is 0. The van der Waals surface area contributed by atoms with E-state index < -0.39 is 0 Å². The molecule has 5 rings (SSSR count). The highest BCUT2D eigenvalue weighted by atomic mass is 19.1. The number of aromatic nitrogens is 2. The Kier molecular flexibility index (Phi) is 5.09. The van der Waals surface area contributed by atoms with E-state index in [0.717, 1.165) is 27.8 Å². The van der Waals surface area contributed by atoms with Gasteiger partial charge in [-0.25, -0.2) is 9.37 Å². The summed E-state index contributed by atoms with van der Waals surface area (Å²) in [7, 11) is 0. The fraction of sp³-hybridized carbons (Fsp3) is 0.250. The zero-order valence-corrected chi connectivity index (χ0v) is 18.9. The fourth-order valence-corrected chi connectivity index (χ4v) is 4.66. The molecule has 0 aliphatic rings. The van der Waals surface area contributed by atoms with Crippen molar-refractivity contribution in [3.05, 3.63) is 89.4 Å². The molecule has 2 heterocycles. The topological polar surface area (TPSA) is 31.0 Å². The molecule has 0 saturated carbocycles. The van der Waals surface area contributed by atoms with Crippen LogP contribution in [-0.2, 0) is 6.54 Å². The number of para-hydroxylation sites is 2. The molecule has 0 aliphatic heterocycles. The maximum absolute atomic E-state index is 14.1. The lowest BCUT2D eigenvalue weighted by molar-refractivity contribution is 0.609. The summed E-state index contributed by atoms with van der Waals surface area (Å²) in [5.41, 5.74) is 7.48. The molecular formula is C28H27FN2O. The lowest BCUT2D eigenvalue weighted by Crippen LogP contribution is -2.10. The highest BCUT2D eigenvalue weighted by Gasteiger charge is 2.21. The molecule has 0 N–H and O–H groups in total. The summed E-state index contributed by atoms with van der Waals surface area (Å²) in [6.07, 6.45) is 1.69. The van der Waals surface area contributed by atoms with E-state index in [1.165, 1.54) is 28.8 Å². The van der Waals surface area contributed by atoms with Gasteiger partial charge in [0.2, 0.25) is 0 Å². The molecule has 32 heavy (non-hydrogen) atoms. The highest BCUT2D eigenvalue weighted by Crippen LogP contribution is 2.35. The molecule has 162 valence electrons. The Labute approximate surface area is 187 Å². The molecule has 0 spiro atoms. The van der Waals surface area contributed by atoms with E-state index in [4.69, 9.17) is 9.40 Å². The van der Waals surface area contributed by atoms with Crippen LogP contribution < -0.4 is 0 Å². The van der Waals surface area contributed by atoms with Gasteiger partial charge in [0.15, 0.2) is 0 Å². The largest absolute Gasteiger partial charge is 0.464 e. The molecule has 0 saturated heterocycles. The summed E-state index contributed by atoms with van der Waals surface area (Å²) in [6, 6.07) is 19.4. The minimum atomic E-state index is -0.282. The van der Waals surface area contributed by atoms with Gasteiger partial charge in [-0.3, -0.25) is 0 Å². The molecule has 0 unspecified atom stereocenters. The standard InChI is InChI=1S/C28H27FN2O/c1-17(2)20-8-7-9-21(18(3)4)23(20)15-31-26-11-6-5-10-25(26)30-28(31)24-16-32-27-13-12-19(29)14-22(24)27/h5-14,16-18H,15H2,1-4H3. The minimum Gasteiger partial charge on any atom is -0.464 e. The molecule has 0 amide bonds. The van der Waals surface area contributed by atoms with Crippen LogP contribution >= 0.6 is 0 Å². The minimum absolute atomic E-state index is 0.282. The van der Waals surface area contributed by atoms with Crippen LogP contribution in [0, 0.1) is 5.82 Å². The van der Waals surface area contributed by atoms with Gasteiger partial charge in [0.25, 0.3) is 0 Å². The van der Waals surface area contributed by atoms with E-state index in [1.807, 2.05) is 18.2 Å². The first kappa shape index (κ1) is 20.5. The molecule has 3 aromatic carbocycles. The summed E-state index contributed by atoms with van der Waals surface area (Å²) in [5, 5.41) is 0.739. The van der Waals surface area contributed by atoms with Gasteiger partial charge in [0.05, 0.1) is 23.1 Å². The number of furan rings is 1. The Morgan fingerprint density at radius 3 is 2.34 bits per heavy atom. The Bertz CT molecular complexity index is 1400. The molecule has 4 heteroatoms. The van der Waals surface area contributed by atoms with Gasteiger partial charge in [0, 0.05) is 5.39 Å². The van der Waals surface area contributed by atoms with E-state index >= 15 is 0 Å². The van der Waals surface area contributed by atoms with Crippen molar-refractivity contribution in [3.63, 3.8) is 0 Å². The smallest absolute Gasteiger partial charge is 0.145 e. The van der Waals surface area contributed by atoms with E-state index in [9.17, 15) is 4.39 Å². The van der Waals surface area contributed by atoms with E-state index in [-0.39, 0.29) is 5.82 Å². The van der Waals surface area contributed by atoms with E-state index in [0.29, 0.717) is 24.0 Å². The number of nitrogens with zero attached hydrogens (tertiary/aromatic N) is 2. The van der Waals surface area contributed by atoms with Crippen molar-refractivity contribution in [1.29, 1.82) is 0 Å². The first-order chi connectivity index (χ1) is 15.4. The highest BCUT2D eigenvalue weighted by molar-refractivity contribution is 5.94. The second-order valence-corrected chi connectivity index (χ2v) is 9.02. The lowest BCUT2D eigenvalue weighted by atomic mass is 9.88. The van der Waals surface area contributed by atoms with Crippen molar-refractivity contribution in [2.45, 2.75) is 46.1 Å². The number of rotatable bonds is 5. The van der Waals surface area contributed by atoms with Crippen LogP contribution in [0.4, 0.5) is 4.39 Å². The van der Waals surface area contributed by atoms with Crippen LogP contribution in [0.25, 0.3) is 33.4 Å². The quantitative estimate of drug-likeness (QED) is 0.286. The van der Waals surface area contributed by atoms with Gasteiger partial charge in [-0.2, -0.15) is 0 Å². The predicted molar refractivity (Wildman–Crippen MR) is 129 cm³/mol. The predicted octanol–water partition coefficient (Wildman–Crippen LogP) is 7.88. The average Bonchev–Trinajstić information content (AvgIpc) is 3.34. The van der Waals surface area contributed by atoms with Crippen LogP contribution in [0.2, 0.25) is 0 Å². The monoisotopic (exact) mass is 426 g/mol. The lowest BCUT2D eigenvalue weighted by Gasteiger charge is -2.21. The Morgan fingerprint density at radius 2 is 1.62 bits per heavy atom. The molecular weight excluding hydrogens is 399 g/mol. The van der Waals surface area contributed by atoms with Crippen molar-refractivity contribution in [3.8, 4) is 11.4 Å². The Morgan fingerprint density at radius 1 is 0.906 bits per heavy atom. The maximum atomic E-state index is 14.1. The SMILES string of the molecule is CC(C)c1cccc(C(C)C)c1Cn1c(-c2coc3ccc(F)cc23)nc2ccccc21. The van der Waals surface area contributed by atoms with Gasteiger partial charge < -0.3 is 8.98 Å². The first-order valence-corrected chi connectivity index (χ1v) is 11.2. The normalized spacial score (nSPS) is 12.0. The second-order valence-electron chi connectivity index (χ2n) is 9.02. The van der Waals surface area contributed by atoms with Crippen molar-refractivity contribution in [1.82, 2.24) is 9.55 Å². The Balaban J connectivity index is 1.77. The summed E-state index contributed by atoms with van der Waals surface area (Å²) in [6.45, 7) is 9.65. The van der Waals surface area contributed by atoms with Crippen LogP contribution in [0.3, 0.4) is 0 Å². The van der Waals surface area contributed by atoms with Gasteiger partial charge in [0.1, 0.15) is 23.5 Å².